The molecule has 0 aromatic carbocycles. The number of carbonyl (C=O) groups is 4. The van der Waals surface area contributed by atoms with Crippen LogP contribution < -0.4 is 0 Å². The third kappa shape index (κ3) is 64.6. The van der Waals surface area contributed by atoms with Crippen LogP contribution in [0.5, 0.6) is 0 Å². The van der Waals surface area contributed by atoms with Gasteiger partial charge in [0.25, 0.3) is 0 Å². The first-order valence-corrected chi connectivity index (χ1v) is 39.6. The summed E-state index contributed by atoms with van der Waals surface area (Å²) in [5.74, 6) is -1.31. The van der Waals surface area contributed by atoms with E-state index in [1.165, 1.54) is 180 Å². The Balaban J connectivity index is 5.12. The van der Waals surface area contributed by atoms with Gasteiger partial charge in [-0.3, -0.25) is 37.3 Å². The molecule has 0 bridgehead atoms. The highest BCUT2D eigenvalue weighted by atomic mass is 31.2. The SMILES string of the molecule is CCCCCCCCCCCCC(=O)OC[C@H](COP(=O)(O)OC[C@@H](O)COP(=O)(O)OC[C@@H](COC(=O)CCCCCCCCCC)OC(=O)CCCCCCCCCCCC)OC(=O)CCCCCCCCCCCCCCCCCCCCC(C)C. The maximum Gasteiger partial charge on any atom is 0.472 e. The highest BCUT2D eigenvalue weighted by molar-refractivity contribution is 7.47. The van der Waals surface area contributed by atoms with Crippen LogP contribution in [0.3, 0.4) is 0 Å². The summed E-state index contributed by atoms with van der Waals surface area (Å²) in [5, 5.41) is 10.6. The van der Waals surface area contributed by atoms with Crippen LogP contribution in [-0.2, 0) is 65.4 Å². The number of aliphatic hydroxyl groups is 1. The Morgan fingerprint density at radius 2 is 0.517 bits per heavy atom. The quantitative estimate of drug-likeness (QED) is 0.0222. The number of phosphoric acid groups is 2. The molecule has 3 N–H and O–H groups in total. The molecule has 0 amide bonds. The maximum absolute atomic E-state index is 13.0. The van der Waals surface area contributed by atoms with Gasteiger partial charge >= 0.3 is 39.5 Å². The minimum absolute atomic E-state index is 0.106. The van der Waals surface area contributed by atoms with Crippen LogP contribution in [0, 0.1) is 5.92 Å². The topological polar surface area (TPSA) is 237 Å². The van der Waals surface area contributed by atoms with Crippen LogP contribution in [0.1, 0.15) is 362 Å². The van der Waals surface area contributed by atoms with Crippen LogP contribution in [0.4, 0.5) is 0 Å². The molecule has 0 aliphatic heterocycles. The van der Waals surface area contributed by atoms with Crippen molar-refractivity contribution in [3.63, 3.8) is 0 Å². The molecule has 0 heterocycles. The molecule has 0 aromatic heterocycles. The van der Waals surface area contributed by atoms with E-state index in [-0.39, 0.29) is 25.7 Å². The summed E-state index contributed by atoms with van der Waals surface area (Å²) in [5.41, 5.74) is 0. The number of unbranched alkanes of at least 4 members (excludes halogenated alkanes) is 42. The smallest absolute Gasteiger partial charge is 0.462 e. The van der Waals surface area contributed by atoms with E-state index in [0.717, 1.165) is 102 Å². The summed E-state index contributed by atoms with van der Waals surface area (Å²) in [6, 6.07) is 0. The molecule has 17 nitrogen and oxygen atoms in total. The number of ether oxygens (including phenoxy) is 4. The van der Waals surface area contributed by atoms with E-state index in [1.54, 1.807) is 0 Å². The number of rotatable bonds is 70. The molecule has 0 fully saturated rings. The van der Waals surface area contributed by atoms with Crippen molar-refractivity contribution < 1.29 is 80.2 Å². The highest BCUT2D eigenvalue weighted by Gasteiger charge is 2.30. The minimum atomic E-state index is -4.95. The molecule has 5 atom stereocenters. The van der Waals surface area contributed by atoms with Gasteiger partial charge in [0.05, 0.1) is 26.4 Å². The summed E-state index contributed by atoms with van der Waals surface area (Å²) in [7, 11) is -9.89. The molecular formula is C70H136O17P2. The van der Waals surface area contributed by atoms with E-state index in [9.17, 15) is 43.2 Å². The first-order valence-electron chi connectivity index (χ1n) is 36.6. The molecule has 19 heteroatoms. The fraction of sp³-hybridized carbons (Fsp3) is 0.943. The zero-order chi connectivity index (χ0) is 65.6. The van der Waals surface area contributed by atoms with Crippen LogP contribution in [0.15, 0.2) is 0 Å². The molecule has 0 spiro atoms. The van der Waals surface area contributed by atoms with Crippen molar-refractivity contribution in [3.8, 4) is 0 Å². The Hall–Kier alpha value is -1.94. The molecule has 528 valence electrons. The Labute approximate surface area is 543 Å². The van der Waals surface area contributed by atoms with E-state index in [4.69, 9.17) is 37.0 Å². The normalized spacial score (nSPS) is 14.1. The van der Waals surface area contributed by atoms with Gasteiger partial charge in [0, 0.05) is 25.7 Å². The molecular weight excluding hydrogens is 1170 g/mol. The highest BCUT2D eigenvalue weighted by Crippen LogP contribution is 2.45. The third-order valence-electron chi connectivity index (χ3n) is 16.3. The fourth-order valence-corrected chi connectivity index (χ4v) is 12.2. The second kappa shape index (κ2) is 63.5. The summed E-state index contributed by atoms with van der Waals surface area (Å²) in [4.78, 5) is 72.3. The van der Waals surface area contributed by atoms with Gasteiger partial charge < -0.3 is 33.8 Å². The number of esters is 4. The lowest BCUT2D eigenvalue weighted by molar-refractivity contribution is -0.161. The summed E-state index contributed by atoms with van der Waals surface area (Å²) >= 11 is 0. The zero-order valence-electron chi connectivity index (χ0n) is 57.6. The number of phosphoric ester groups is 2. The van der Waals surface area contributed by atoms with Gasteiger partial charge in [0.2, 0.25) is 0 Å². The predicted octanol–water partition coefficient (Wildman–Crippen LogP) is 20.1. The number of hydrogen-bond acceptors (Lipinski definition) is 15. The van der Waals surface area contributed by atoms with Crippen LogP contribution in [0.25, 0.3) is 0 Å². The van der Waals surface area contributed by atoms with Gasteiger partial charge in [-0.2, -0.15) is 0 Å². The summed E-state index contributed by atoms with van der Waals surface area (Å²) in [6.07, 6.45) is 50.1. The van der Waals surface area contributed by atoms with Crippen molar-refractivity contribution in [3.05, 3.63) is 0 Å². The Bertz CT molecular complexity index is 1720. The van der Waals surface area contributed by atoms with Crippen LogP contribution >= 0.6 is 15.6 Å². The number of carbonyl (C=O) groups excluding carboxylic acids is 4. The lowest BCUT2D eigenvalue weighted by Gasteiger charge is -2.21. The molecule has 0 saturated carbocycles. The van der Waals surface area contributed by atoms with Gasteiger partial charge in [-0.15, -0.1) is 0 Å². The van der Waals surface area contributed by atoms with Crippen LogP contribution in [-0.4, -0.2) is 96.7 Å². The molecule has 0 aliphatic rings. The van der Waals surface area contributed by atoms with E-state index in [2.05, 4.69) is 34.6 Å². The van der Waals surface area contributed by atoms with Gasteiger partial charge in [-0.1, -0.05) is 311 Å². The molecule has 89 heavy (non-hydrogen) atoms. The maximum atomic E-state index is 13.0. The Morgan fingerprint density at radius 1 is 0.303 bits per heavy atom. The van der Waals surface area contributed by atoms with Gasteiger partial charge in [-0.05, 0) is 31.6 Å². The van der Waals surface area contributed by atoms with Crippen molar-refractivity contribution in [1.29, 1.82) is 0 Å². The van der Waals surface area contributed by atoms with Gasteiger partial charge in [-0.25, -0.2) is 9.13 Å². The first-order chi connectivity index (χ1) is 43.0. The third-order valence-corrected chi connectivity index (χ3v) is 18.2. The summed E-state index contributed by atoms with van der Waals surface area (Å²) < 4.78 is 68.1. The average Bonchev–Trinajstić information content (AvgIpc) is 3.69. The summed E-state index contributed by atoms with van der Waals surface area (Å²) in [6.45, 7) is 7.24. The zero-order valence-corrected chi connectivity index (χ0v) is 59.4. The van der Waals surface area contributed by atoms with Gasteiger partial charge in [0.15, 0.2) is 12.2 Å². The van der Waals surface area contributed by atoms with Crippen LogP contribution in [0.2, 0.25) is 0 Å². The van der Waals surface area contributed by atoms with E-state index >= 15 is 0 Å². The molecule has 0 aliphatic carbocycles. The van der Waals surface area contributed by atoms with Crippen molar-refractivity contribution in [2.45, 2.75) is 380 Å². The van der Waals surface area contributed by atoms with Gasteiger partial charge in [0.1, 0.15) is 19.3 Å². The van der Waals surface area contributed by atoms with E-state index in [0.29, 0.717) is 25.7 Å². The van der Waals surface area contributed by atoms with E-state index in [1.807, 2.05) is 0 Å². The largest absolute Gasteiger partial charge is 0.472 e. The fourth-order valence-electron chi connectivity index (χ4n) is 10.6. The second-order valence-corrected chi connectivity index (χ2v) is 28.7. The standard InChI is InChI=1S/C70H136O17P2/c1-6-9-12-15-18-21-34-39-44-49-54-68(73)81-60-66(87-70(75)56-51-46-41-36-32-30-28-26-24-23-25-27-29-31-33-37-42-47-52-63(4)5)62-85-89(78,79)83-58-64(71)57-82-88(76,77)84-61-65(59-80-67(72)53-48-43-38-20-17-14-11-8-3)86-69(74)55-50-45-40-35-22-19-16-13-10-7-2/h63-66,71H,6-62H2,1-5H3,(H,76,77)(H,78,79)/t64-,65+,66+/m0/s1. The number of hydrogen-bond donors (Lipinski definition) is 3. The van der Waals surface area contributed by atoms with Crippen molar-refractivity contribution in [2.75, 3.05) is 39.6 Å². The minimum Gasteiger partial charge on any atom is -0.462 e. The Morgan fingerprint density at radius 3 is 0.764 bits per heavy atom. The van der Waals surface area contributed by atoms with E-state index < -0.39 is 97.5 Å². The molecule has 0 aromatic rings. The average molecular weight is 1310 g/mol. The molecule has 0 saturated heterocycles. The van der Waals surface area contributed by atoms with Crippen molar-refractivity contribution >= 4 is 39.5 Å². The molecule has 2 unspecified atom stereocenters. The lowest BCUT2D eigenvalue weighted by Crippen LogP contribution is -2.30. The molecule has 0 radical (unpaired) electrons. The lowest BCUT2D eigenvalue weighted by atomic mass is 10.0. The van der Waals surface area contributed by atoms with Crippen molar-refractivity contribution in [2.24, 2.45) is 5.92 Å². The first kappa shape index (κ1) is 87.1. The Kier molecular flexibility index (Phi) is 62.1. The number of aliphatic hydroxyl groups excluding tert-OH is 1. The predicted molar refractivity (Wildman–Crippen MR) is 358 cm³/mol. The second-order valence-electron chi connectivity index (χ2n) is 25.7. The van der Waals surface area contributed by atoms with Crippen molar-refractivity contribution in [1.82, 2.24) is 0 Å². The molecule has 0 rings (SSSR count). The monoisotopic (exact) mass is 1310 g/mol.